The van der Waals surface area contributed by atoms with Gasteiger partial charge in [-0.3, -0.25) is 19.1 Å². The maximum Gasteiger partial charge on any atom is 0.328 e. The Balaban J connectivity index is 1.70. The van der Waals surface area contributed by atoms with Crippen molar-refractivity contribution in [1.29, 1.82) is 0 Å². The highest BCUT2D eigenvalue weighted by Gasteiger charge is 2.11. The van der Waals surface area contributed by atoms with Gasteiger partial charge in [-0.05, 0) is 28.1 Å². The van der Waals surface area contributed by atoms with Crippen molar-refractivity contribution in [1.82, 2.24) is 14.5 Å². The molecule has 0 atom stereocenters. The van der Waals surface area contributed by atoms with Crippen LogP contribution in [-0.2, 0) is 17.9 Å². The first-order chi connectivity index (χ1) is 12.5. The molecule has 0 radical (unpaired) electrons. The topological polar surface area (TPSA) is 106 Å². The molecule has 0 aliphatic heterocycles. The number of carbonyl (C=O) groups excluding carboxylic acids is 1. The number of hydrogen-bond donors (Lipinski definition) is 2. The minimum absolute atomic E-state index is 0.164. The van der Waals surface area contributed by atoms with Gasteiger partial charge in [0.25, 0.3) is 5.56 Å². The van der Waals surface area contributed by atoms with Gasteiger partial charge in [0.05, 0.1) is 21.4 Å². The monoisotopic (exact) mass is 436 g/mol. The molecule has 0 aliphatic rings. The molecule has 1 amide bonds. The van der Waals surface area contributed by atoms with Crippen LogP contribution in [-0.4, -0.2) is 20.4 Å². The van der Waals surface area contributed by atoms with E-state index in [2.05, 4.69) is 31.2 Å². The van der Waals surface area contributed by atoms with Gasteiger partial charge in [0, 0.05) is 11.6 Å². The molecule has 3 rings (SSSR count). The summed E-state index contributed by atoms with van der Waals surface area (Å²) in [5.41, 5.74) is 1.77. The smallest absolute Gasteiger partial charge is 0.328 e. The van der Waals surface area contributed by atoms with E-state index in [0.717, 1.165) is 10.3 Å². The number of anilines is 1. The highest BCUT2D eigenvalue weighted by molar-refractivity contribution is 9.10. The standard InChI is InChI=1S/C16H13BrN4O4S/c17-11-5-21(16(24)20-15(11)23)6-14(22)19-12-3-1-2-4-13(12)25-7-10-8-26-9-18-10/h1-5,8-9H,6-7H2,(H,19,22)(H,20,23,24). The van der Waals surface area contributed by atoms with E-state index < -0.39 is 17.2 Å². The molecule has 0 fully saturated rings. The number of ether oxygens (including phenoxy) is 1. The third kappa shape index (κ3) is 4.46. The van der Waals surface area contributed by atoms with Crippen LogP contribution in [0.5, 0.6) is 5.75 Å². The molecule has 0 aliphatic carbocycles. The lowest BCUT2D eigenvalue weighted by atomic mass is 10.3. The quantitative estimate of drug-likeness (QED) is 0.614. The summed E-state index contributed by atoms with van der Waals surface area (Å²) in [7, 11) is 0. The second-order valence-corrected chi connectivity index (χ2v) is 6.75. The zero-order chi connectivity index (χ0) is 18.5. The van der Waals surface area contributed by atoms with Gasteiger partial charge in [0.2, 0.25) is 5.91 Å². The largest absolute Gasteiger partial charge is 0.485 e. The van der Waals surface area contributed by atoms with Crippen molar-refractivity contribution in [2.75, 3.05) is 5.32 Å². The Hall–Kier alpha value is -2.72. The van der Waals surface area contributed by atoms with Crippen molar-refractivity contribution < 1.29 is 9.53 Å². The first kappa shape index (κ1) is 18.1. The minimum Gasteiger partial charge on any atom is -0.485 e. The van der Waals surface area contributed by atoms with Gasteiger partial charge < -0.3 is 10.1 Å². The molecular formula is C16H13BrN4O4S. The third-order valence-electron chi connectivity index (χ3n) is 3.30. The zero-order valence-corrected chi connectivity index (χ0v) is 15.7. The fourth-order valence-corrected chi connectivity index (χ4v) is 2.99. The van der Waals surface area contributed by atoms with Crippen LogP contribution in [0.2, 0.25) is 0 Å². The maximum absolute atomic E-state index is 12.3. The van der Waals surface area contributed by atoms with Crippen LogP contribution in [0, 0.1) is 0 Å². The first-order valence-corrected chi connectivity index (χ1v) is 9.14. The van der Waals surface area contributed by atoms with Crippen molar-refractivity contribution in [2.45, 2.75) is 13.2 Å². The number of rotatable bonds is 6. The molecule has 1 aromatic carbocycles. The van der Waals surface area contributed by atoms with Crippen molar-refractivity contribution in [3.05, 3.63) is 72.4 Å². The van der Waals surface area contributed by atoms with E-state index in [4.69, 9.17) is 4.74 Å². The van der Waals surface area contributed by atoms with E-state index in [0.29, 0.717) is 11.4 Å². The predicted molar refractivity (Wildman–Crippen MR) is 101 cm³/mol. The number of amides is 1. The summed E-state index contributed by atoms with van der Waals surface area (Å²) in [4.78, 5) is 41.6. The van der Waals surface area contributed by atoms with E-state index in [1.54, 1.807) is 29.8 Å². The number of H-pyrrole nitrogens is 1. The van der Waals surface area contributed by atoms with Crippen molar-refractivity contribution >= 4 is 38.9 Å². The van der Waals surface area contributed by atoms with Crippen LogP contribution in [0.25, 0.3) is 0 Å². The lowest BCUT2D eigenvalue weighted by Gasteiger charge is -2.12. The van der Waals surface area contributed by atoms with E-state index in [-0.39, 0.29) is 17.6 Å². The number of carbonyl (C=O) groups is 1. The fourth-order valence-electron chi connectivity index (χ4n) is 2.10. The normalized spacial score (nSPS) is 10.5. The van der Waals surface area contributed by atoms with Gasteiger partial charge in [0.15, 0.2) is 0 Å². The highest BCUT2D eigenvalue weighted by atomic mass is 79.9. The maximum atomic E-state index is 12.3. The fraction of sp³-hybridized carbons (Fsp3) is 0.125. The number of nitrogens with zero attached hydrogens (tertiary/aromatic N) is 2. The van der Waals surface area contributed by atoms with Crippen molar-refractivity contribution in [3.8, 4) is 5.75 Å². The number of aromatic amines is 1. The Bertz CT molecular complexity index is 1030. The van der Waals surface area contributed by atoms with Crippen LogP contribution in [0.1, 0.15) is 5.69 Å². The Morgan fingerprint density at radius 3 is 2.92 bits per heavy atom. The SMILES string of the molecule is O=C(Cn1cc(Br)c(=O)[nH]c1=O)Nc1ccccc1OCc1cscn1. The third-order valence-corrected chi connectivity index (χ3v) is 4.50. The number of nitrogens with one attached hydrogen (secondary N) is 2. The van der Waals surface area contributed by atoms with Crippen LogP contribution in [0.3, 0.4) is 0 Å². The average molecular weight is 437 g/mol. The van der Waals surface area contributed by atoms with Crippen molar-refractivity contribution in [3.63, 3.8) is 0 Å². The molecule has 2 heterocycles. The van der Waals surface area contributed by atoms with Crippen LogP contribution in [0.15, 0.2) is 55.4 Å². The molecule has 10 heteroatoms. The molecule has 26 heavy (non-hydrogen) atoms. The molecule has 0 spiro atoms. The Kier molecular flexibility index (Phi) is 5.64. The summed E-state index contributed by atoms with van der Waals surface area (Å²) in [5.74, 6) is 0.0552. The number of benzene rings is 1. The lowest BCUT2D eigenvalue weighted by molar-refractivity contribution is -0.116. The van der Waals surface area contributed by atoms with E-state index >= 15 is 0 Å². The Labute approximate surface area is 159 Å². The van der Waals surface area contributed by atoms with Gasteiger partial charge in [-0.15, -0.1) is 11.3 Å². The lowest BCUT2D eigenvalue weighted by Crippen LogP contribution is -2.33. The summed E-state index contributed by atoms with van der Waals surface area (Å²) < 4.78 is 6.96. The van der Waals surface area contributed by atoms with Gasteiger partial charge in [-0.25, -0.2) is 9.78 Å². The molecule has 134 valence electrons. The molecule has 0 saturated heterocycles. The molecule has 0 bridgehead atoms. The summed E-state index contributed by atoms with van der Waals surface area (Å²) in [6.45, 7) is 0.0251. The summed E-state index contributed by atoms with van der Waals surface area (Å²) in [6, 6.07) is 6.97. The molecule has 8 nitrogen and oxygen atoms in total. The van der Waals surface area contributed by atoms with Gasteiger partial charge in [-0.1, -0.05) is 12.1 Å². The van der Waals surface area contributed by atoms with Gasteiger partial charge >= 0.3 is 5.69 Å². The van der Waals surface area contributed by atoms with E-state index in [1.807, 2.05) is 5.38 Å². The molecular weight excluding hydrogens is 424 g/mol. The van der Waals surface area contributed by atoms with E-state index in [9.17, 15) is 14.4 Å². The minimum atomic E-state index is -0.665. The van der Waals surface area contributed by atoms with Crippen LogP contribution >= 0.6 is 27.3 Å². The highest BCUT2D eigenvalue weighted by Crippen LogP contribution is 2.24. The predicted octanol–water partition coefficient (Wildman–Crippen LogP) is 1.97. The second kappa shape index (κ2) is 8.11. The van der Waals surface area contributed by atoms with Crippen molar-refractivity contribution in [2.24, 2.45) is 0 Å². The summed E-state index contributed by atoms with van der Waals surface area (Å²) in [5, 5.41) is 4.58. The molecule has 0 saturated carbocycles. The molecule has 0 unspecified atom stereocenters. The number of halogens is 1. The van der Waals surface area contributed by atoms with Crippen LogP contribution < -0.4 is 21.3 Å². The van der Waals surface area contributed by atoms with E-state index in [1.165, 1.54) is 17.5 Å². The number of thiazole rings is 1. The molecule has 3 aromatic rings. The number of para-hydroxylation sites is 2. The molecule has 2 aromatic heterocycles. The Morgan fingerprint density at radius 2 is 2.15 bits per heavy atom. The Morgan fingerprint density at radius 1 is 1.35 bits per heavy atom. The summed E-state index contributed by atoms with van der Waals surface area (Å²) in [6.07, 6.45) is 1.27. The van der Waals surface area contributed by atoms with Gasteiger partial charge in [0.1, 0.15) is 18.9 Å². The molecule has 2 N–H and O–H groups in total. The summed E-state index contributed by atoms with van der Waals surface area (Å²) >= 11 is 4.50. The first-order valence-electron chi connectivity index (χ1n) is 7.41. The number of aromatic nitrogens is 3. The average Bonchev–Trinajstić information content (AvgIpc) is 3.12. The second-order valence-electron chi connectivity index (χ2n) is 5.18. The van der Waals surface area contributed by atoms with Crippen LogP contribution in [0.4, 0.5) is 5.69 Å². The van der Waals surface area contributed by atoms with Gasteiger partial charge in [-0.2, -0.15) is 0 Å². The number of hydrogen-bond acceptors (Lipinski definition) is 6. The zero-order valence-electron chi connectivity index (χ0n) is 13.3.